The Kier molecular flexibility index (Phi) is 7.25. The molecule has 4 rings (SSSR count). The molecule has 1 heterocycles. The van der Waals surface area contributed by atoms with Crippen molar-refractivity contribution in [2.24, 2.45) is 11.8 Å². The molecule has 2 amide bonds. The van der Waals surface area contributed by atoms with Gasteiger partial charge in [0.2, 0.25) is 17.7 Å². The predicted molar refractivity (Wildman–Crippen MR) is 119 cm³/mol. The Morgan fingerprint density at radius 2 is 1.86 bits per heavy atom. The molecule has 0 saturated heterocycles. The summed E-state index contributed by atoms with van der Waals surface area (Å²) in [5.41, 5.74) is 1.69. The minimum absolute atomic E-state index is 0.136. The van der Waals surface area contributed by atoms with Crippen LogP contribution >= 0.6 is 0 Å². The minimum atomic E-state index is -4.42. The summed E-state index contributed by atoms with van der Waals surface area (Å²) < 4.78 is 78.0. The first kappa shape index (κ1) is 26.3. The molecule has 12 heteroatoms. The number of halogens is 6. The monoisotopic (exact) mass is 518 g/mol. The zero-order valence-electron chi connectivity index (χ0n) is 19.6. The van der Waals surface area contributed by atoms with E-state index in [2.05, 4.69) is 20.6 Å². The van der Waals surface area contributed by atoms with Crippen molar-refractivity contribution >= 4 is 22.8 Å². The van der Waals surface area contributed by atoms with E-state index in [1.54, 1.807) is 25.1 Å². The van der Waals surface area contributed by atoms with E-state index in [1.807, 2.05) is 0 Å². The number of hydrogen-bond acceptors (Lipinski definition) is 3. The molecule has 2 aliphatic rings. The SMILES string of the molecule is C[C@@H](NC(=O)CCC(F)(F)F)c1ccc2[nH]c([C@@H](NC(=O)[C@H]3C[C@H]3F)C3CCC(F)(F)CC3)nc2c1. The summed E-state index contributed by atoms with van der Waals surface area (Å²) in [6.45, 7) is 1.63. The van der Waals surface area contributed by atoms with Crippen molar-refractivity contribution in [1.29, 1.82) is 0 Å². The Morgan fingerprint density at radius 3 is 2.47 bits per heavy atom. The fraction of sp³-hybridized carbons (Fsp3) is 0.625. The molecule has 198 valence electrons. The average molecular weight is 519 g/mol. The van der Waals surface area contributed by atoms with Crippen LogP contribution in [0.5, 0.6) is 0 Å². The molecular formula is C24H28F6N4O2. The first-order valence-corrected chi connectivity index (χ1v) is 12.0. The summed E-state index contributed by atoms with van der Waals surface area (Å²) in [5.74, 6) is -4.64. The van der Waals surface area contributed by atoms with Crippen LogP contribution in [0.1, 0.15) is 75.3 Å². The smallest absolute Gasteiger partial charge is 0.350 e. The van der Waals surface area contributed by atoms with E-state index in [4.69, 9.17) is 0 Å². The molecule has 36 heavy (non-hydrogen) atoms. The zero-order chi connectivity index (χ0) is 26.3. The molecule has 2 fully saturated rings. The summed E-state index contributed by atoms with van der Waals surface area (Å²) in [6.07, 6.45) is -7.65. The van der Waals surface area contributed by atoms with Crippen LogP contribution in [0.4, 0.5) is 26.3 Å². The number of rotatable bonds is 8. The number of carbonyl (C=O) groups excluding carboxylic acids is 2. The number of fused-ring (bicyclic) bond motifs is 1. The van der Waals surface area contributed by atoms with Crippen LogP contribution in [0.15, 0.2) is 18.2 Å². The molecule has 2 aromatic rings. The standard InChI is InChI=1S/C24H28F6N4O2/c1-12(31-19(35)6-9-24(28,29)30)14-2-3-17-18(10-14)33-21(32-17)20(34-22(36)15-11-16(15)25)13-4-7-23(26,27)8-5-13/h2-3,10,12-13,15-16,20H,4-9,11H2,1H3,(H,31,35)(H,32,33)(H,34,36)/t12-,15+,16-,20+/m1/s1. The fourth-order valence-corrected chi connectivity index (χ4v) is 4.61. The molecule has 4 atom stereocenters. The zero-order valence-corrected chi connectivity index (χ0v) is 19.6. The van der Waals surface area contributed by atoms with Gasteiger partial charge in [0.1, 0.15) is 12.0 Å². The number of carbonyl (C=O) groups is 2. The quantitative estimate of drug-likeness (QED) is 0.408. The Balaban J connectivity index is 1.51. The van der Waals surface area contributed by atoms with Crippen molar-refractivity contribution in [1.82, 2.24) is 20.6 Å². The largest absolute Gasteiger partial charge is 0.389 e. The lowest BCUT2D eigenvalue weighted by Gasteiger charge is -2.33. The molecule has 0 unspecified atom stereocenters. The highest BCUT2D eigenvalue weighted by atomic mass is 19.4. The number of aromatic amines is 1. The van der Waals surface area contributed by atoms with Crippen molar-refractivity contribution in [3.05, 3.63) is 29.6 Å². The summed E-state index contributed by atoms with van der Waals surface area (Å²) in [7, 11) is 0. The van der Waals surface area contributed by atoms with Gasteiger partial charge in [-0.3, -0.25) is 9.59 Å². The van der Waals surface area contributed by atoms with Gasteiger partial charge in [0.25, 0.3) is 0 Å². The van der Waals surface area contributed by atoms with Crippen LogP contribution < -0.4 is 10.6 Å². The van der Waals surface area contributed by atoms with Crippen molar-refractivity contribution in [2.45, 2.75) is 82.2 Å². The summed E-state index contributed by atoms with van der Waals surface area (Å²) >= 11 is 0. The maximum atomic E-state index is 13.7. The highest BCUT2D eigenvalue weighted by Gasteiger charge is 2.46. The van der Waals surface area contributed by atoms with Crippen LogP contribution in [0, 0.1) is 11.8 Å². The lowest BCUT2D eigenvalue weighted by atomic mass is 9.81. The number of nitrogens with zero attached hydrogens (tertiary/aromatic N) is 1. The Hall–Kier alpha value is -2.79. The number of benzene rings is 1. The van der Waals surface area contributed by atoms with Crippen molar-refractivity contribution < 1.29 is 35.9 Å². The van der Waals surface area contributed by atoms with Gasteiger partial charge in [0.05, 0.1) is 35.5 Å². The van der Waals surface area contributed by atoms with Gasteiger partial charge in [-0.15, -0.1) is 0 Å². The van der Waals surface area contributed by atoms with Gasteiger partial charge in [-0.25, -0.2) is 18.2 Å². The molecule has 0 bridgehead atoms. The number of aromatic nitrogens is 2. The Bertz CT molecular complexity index is 1110. The van der Waals surface area contributed by atoms with Gasteiger partial charge >= 0.3 is 6.18 Å². The topological polar surface area (TPSA) is 86.9 Å². The van der Waals surface area contributed by atoms with Crippen LogP contribution in [0.25, 0.3) is 11.0 Å². The third-order valence-electron chi connectivity index (χ3n) is 6.91. The number of amides is 2. The summed E-state index contributed by atoms with van der Waals surface area (Å²) in [6, 6.07) is 3.76. The normalized spacial score (nSPS) is 23.8. The van der Waals surface area contributed by atoms with Crippen LogP contribution in [-0.2, 0) is 9.59 Å². The van der Waals surface area contributed by atoms with Gasteiger partial charge < -0.3 is 15.6 Å². The minimum Gasteiger partial charge on any atom is -0.350 e. The fourth-order valence-electron chi connectivity index (χ4n) is 4.61. The number of H-pyrrole nitrogens is 1. The van der Waals surface area contributed by atoms with Gasteiger partial charge in [0, 0.05) is 19.3 Å². The number of nitrogens with one attached hydrogen (secondary N) is 3. The average Bonchev–Trinajstić information content (AvgIpc) is 3.37. The molecule has 0 aliphatic heterocycles. The predicted octanol–water partition coefficient (Wildman–Crippen LogP) is 5.42. The molecule has 1 aromatic carbocycles. The van der Waals surface area contributed by atoms with E-state index >= 15 is 0 Å². The van der Waals surface area contributed by atoms with Gasteiger partial charge in [-0.2, -0.15) is 13.2 Å². The molecule has 0 spiro atoms. The second kappa shape index (κ2) is 9.93. The first-order chi connectivity index (χ1) is 16.8. The van der Waals surface area contributed by atoms with E-state index in [0.717, 1.165) is 0 Å². The van der Waals surface area contributed by atoms with Gasteiger partial charge in [-0.05, 0) is 49.8 Å². The molecule has 2 saturated carbocycles. The van der Waals surface area contributed by atoms with Crippen LogP contribution in [-0.4, -0.2) is 40.1 Å². The summed E-state index contributed by atoms with van der Waals surface area (Å²) in [5, 5.41) is 5.34. The molecular weight excluding hydrogens is 490 g/mol. The second-order valence-electron chi connectivity index (χ2n) is 9.84. The molecule has 0 radical (unpaired) electrons. The van der Waals surface area contributed by atoms with E-state index in [0.29, 0.717) is 22.4 Å². The van der Waals surface area contributed by atoms with Crippen molar-refractivity contribution in [2.75, 3.05) is 0 Å². The molecule has 2 aliphatic carbocycles. The lowest BCUT2D eigenvalue weighted by Crippen LogP contribution is -2.38. The maximum absolute atomic E-state index is 13.7. The van der Waals surface area contributed by atoms with Gasteiger partial charge in [-0.1, -0.05) is 6.07 Å². The number of imidazole rings is 1. The summed E-state index contributed by atoms with van der Waals surface area (Å²) in [4.78, 5) is 32.0. The van der Waals surface area contributed by atoms with Crippen LogP contribution in [0.3, 0.4) is 0 Å². The number of hydrogen-bond donors (Lipinski definition) is 3. The van der Waals surface area contributed by atoms with Gasteiger partial charge in [0.15, 0.2) is 0 Å². The van der Waals surface area contributed by atoms with E-state index in [9.17, 15) is 35.9 Å². The number of alkyl halides is 6. The molecule has 3 N–H and O–H groups in total. The van der Waals surface area contributed by atoms with Crippen LogP contribution in [0.2, 0.25) is 0 Å². The second-order valence-corrected chi connectivity index (χ2v) is 9.84. The third kappa shape index (κ3) is 6.50. The maximum Gasteiger partial charge on any atom is 0.389 e. The van der Waals surface area contributed by atoms with E-state index < -0.39 is 60.9 Å². The van der Waals surface area contributed by atoms with E-state index in [-0.39, 0.29) is 38.0 Å². The lowest BCUT2D eigenvalue weighted by molar-refractivity contribution is -0.144. The highest BCUT2D eigenvalue weighted by Crippen LogP contribution is 2.42. The molecule has 6 nitrogen and oxygen atoms in total. The highest BCUT2D eigenvalue weighted by molar-refractivity contribution is 5.83. The Morgan fingerprint density at radius 1 is 1.19 bits per heavy atom. The first-order valence-electron chi connectivity index (χ1n) is 12.0. The Labute approximate surface area is 203 Å². The third-order valence-corrected chi connectivity index (χ3v) is 6.91. The molecule has 1 aromatic heterocycles. The van der Waals surface area contributed by atoms with E-state index in [1.165, 1.54) is 0 Å². The van der Waals surface area contributed by atoms with Crippen molar-refractivity contribution in [3.63, 3.8) is 0 Å². The van der Waals surface area contributed by atoms with Crippen molar-refractivity contribution in [3.8, 4) is 0 Å².